The van der Waals surface area contributed by atoms with Gasteiger partial charge in [-0.25, -0.2) is 19.9 Å². The second-order valence-electron chi connectivity index (χ2n) is 9.96. The maximum absolute atomic E-state index is 5.03. The van der Waals surface area contributed by atoms with Gasteiger partial charge in [-0.2, -0.15) is 0 Å². The van der Waals surface area contributed by atoms with Crippen LogP contribution in [0, 0.1) is 0 Å². The van der Waals surface area contributed by atoms with Gasteiger partial charge in [0.25, 0.3) is 0 Å². The molecule has 4 nitrogen and oxygen atoms in total. The Labute approximate surface area is 240 Å². The molecule has 3 aromatic heterocycles. The molecule has 0 aliphatic heterocycles. The van der Waals surface area contributed by atoms with Gasteiger partial charge in [0, 0.05) is 32.2 Å². The van der Waals surface area contributed by atoms with E-state index in [1.807, 2.05) is 60.7 Å². The first kappa shape index (κ1) is 23.6. The largest absolute Gasteiger partial charge is 0.246 e. The van der Waals surface area contributed by atoms with E-state index in [1.165, 1.54) is 14.8 Å². The van der Waals surface area contributed by atoms with E-state index in [2.05, 4.69) is 72.8 Å². The number of rotatable bonds is 4. The first-order valence-corrected chi connectivity index (χ1v) is 14.3. The van der Waals surface area contributed by atoms with E-state index in [0.717, 1.165) is 44.2 Å². The molecule has 0 saturated heterocycles. The van der Waals surface area contributed by atoms with E-state index in [-0.39, 0.29) is 0 Å². The Kier molecular flexibility index (Phi) is 5.61. The molecule has 8 rings (SSSR count). The summed E-state index contributed by atoms with van der Waals surface area (Å²) in [7, 11) is 0. The van der Waals surface area contributed by atoms with Crippen LogP contribution >= 0.6 is 11.3 Å². The van der Waals surface area contributed by atoms with Gasteiger partial charge in [-0.05, 0) is 41.5 Å². The van der Waals surface area contributed by atoms with Crippen molar-refractivity contribution in [3.05, 3.63) is 133 Å². The highest BCUT2D eigenvalue weighted by Gasteiger charge is 2.13. The number of aromatic nitrogens is 4. The maximum Gasteiger partial charge on any atom is 0.164 e. The maximum atomic E-state index is 5.03. The summed E-state index contributed by atoms with van der Waals surface area (Å²) in [6, 6.07) is 45.8. The minimum Gasteiger partial charge on any atom is -0.246 e. The van der Waals surface area contributed by atoms with Crippen molar-refractivity contribution in [2.75, 3.05) is 0 Å². The van der Waals surface area contributed by atoms with Gasteiger partial charge in [0.05, 0.1) is 15.7 Å². The molecule has 0 aliphatic rings. The molecule has 0 fully saturated rings. The van der Waals surface area contributed by atoms with Gasteiger partial charge in [0.1, 0.15) is 0 Å². The molecule has 3 heterocycles. The Morgan fingerprint density at radius 3 is 1.71 bits per heavy atom. The third-order valence-corrected chi connectivity index (χ3v) is 8.40. The molecular formula is C36H22N4S. The van der Waals surface area contributed by atoms with Crippen molar-refractivity contribution < 1.29 is 0 Å². The van der Waals surface area contributed by atoms with Crippen LogP contribution in [0.3, 0.4) is 0 Å². The van der Waals surface area contributed by atoms with Crippen LogP contribution in [0.2, 0.25) is 0 Å². The predicted molar refractivity (Wildman–Crippen MR) is 170 cm³/mol. The van der Waals surface area contributed by atoms with Crippen LogP contribution in [-0.2, 0) is 0 Å². The summed E-state index contributed by atoms with van der Waals surface area (Å²) in [6.07, 6.45) is 0. The number of nitrogens with zero attached hydrogens (tertiary/aromatic N) is 4. The van der Waals surface area contributed by atoms with Gasteiger partial charge in [-0.1, -0.05) is 103 Å². The minimum absolute atomic E-state index is 0.647. The van der Waals surface area contributed by atoms with Gasteiger partial charge >= 0.3 is 0 Å². The summed E-state index contributed by atoms with van der Waals surface area (Å²) in [5, 5.41) is 2.35. The molecule has 0 aliphatic carbocycles. The van der Waals surface area contributed by atoms with Crippen LogP contribution in [0.4, 0.5) is 0 Å². The van der Waals surface area contributed by atoms with Crippen LogP contribution in [0.1, 0.15) is 0 Å². The Bertz CT molecular complexity index is 2150. The SMILES string of the molecule is c1ccc(-c2nc(-c3ccccc3)nc(-c3cccc(-c4ccc5nc6c(cc5c4)sc4ccccc46)c3)n2)cc1. The first-order chi connectivity index (χ1) is 20.3. The molecule has 192 valence electrons. The van der Waals surface area contributed by atoms with Crippen LogP contribution < -0.4 is 0 Å². The molecule has 5 heteroatoms. The number of thiophene rings is 1. The Balaban J connectivity index is 1.24. The first-order valence-electron chi connectivity index (χ1n) is 13.5. The summed E-state index contributed by atoms with van der Waals surface area (Å²) < 4.78 is 2.47. The fourth-order valence-corrected chi connectivity index (χ4v) is 6.35. The minimum atomic E-state index is 0.647. The Morgan fingerprint density at radius 2 is 0.976 bits per heavy atom. The smallest absolute Gasteiger partial charge is 0.164 e. The molecule has 0 N–H and O–H groups in total. The second kappa shape index (κ2) is 9.73. The predicted octanol–water partition coefficient (Wildman–Crippen LogP) is 9.46. The third kappa shape index (κ3) is 4.33. The summed E-state index contributed by atoms with van der Waals surface area (Å²) >= 11 is 1.79. The Morgan fingerprint density at radius 1 is 0.390 bits per heavy atom. The molecule has 0 amide bonds. The lowest BCUT2D eigenvalue weighted by atomic mass is 10.0. The van der Waals surface area contributed by atoms with Gasteiger partial charge in [-0.3, -0.25) is 0 Å². The highest BCUT2D eigenvalue weighted by atomic mass is 32.1. The van der Waals surface area contributed by atoms with Crippen molar-refractivity contribution in [2.24, 2.45) is 0 Å². The molecule has 0 atom stereocenters. The van der Waals surface area contributed by atoms with Crippen LogP contribution in [-0.4, -0.2) is 19.9 Å². The van der Waals surface area contributed by atoms with Crippen molar-refractivity contribution >= 4 is 42.5 Å². The average Bonchev–Trinajstić information content (AvgIpc) is 3.41. The molecule has 5 aromatic carbocycles. The van der Waals surface area contributed by atoms with Crippen molar-refractivity contribution in [2.45, 2.75) is 0 Å². The molecular weight excluding hydrogens is 520 g/mol. The number of fused-ring (bicyclic) bond motifs is 4. The zero-order valence-electron chi connectivity index (χ0n) is 21.9. The van der Waals surface area contributed by atoms with Crippen molar-refractivity contribution in [1.82, 2.24) is 19.9 Å². The second-order valence-corrected chi connectivity index (χ2v) is 11.0. The zero-order chi connectivity index (χ0) is 27.2. The molecule has 8 aromatic rings. The number of benzene rings is 5. The highest BCUT2D eigenvalue weighted by molar-refractivity contribution is 7.25. The Hall–Kier alpha value is -5.26. The van der Waals surface area contributed by atoms with Crippen LogP contribution in [0.15, 0.2) is 133 Å². The molecule has 41 heavy (non-hydrogen) atoms. The molecule has 0 unspecified atom stereocenters. The van der Waals surface area contributed by atoms with E-state index in [4.69, 9.17) is 19.9 Å². The lowest BCUT2D eigenvalue weighted by Crippen LogP contribution is -2.00. The van der Waals surface area contributed by atoms with Gasteiger partial charge < -0.3 is 0 Å². The molecule has 0 spiro atoms. The summed E-state index contributed by atoms with van der Waals surface area (Å²) in [4.78, 5) is 19.7. The molecule has 0 saturated carbocycles. The molecule has 0 radical (unpaired) electrons. The fraction of sp³-hybridized carbons (Fsp3) is 0. The van der Waals surface area contributed by atoms with Gasteiger partial charge in [0.2, 0.25) is 0 Å². The summed E-state index contributed by atoms with van der Waals surface area (Å²) in [5.74, 6) is 1.96. The highest BCUT2D eigenvalue weighted by Crippen LogP contribution is 2.36. The summed E-state index contributed by atoms with van der Waals surface area (Å²) in [5.41, 5.74) is 7.16. The van der Waals surface area contributed by atoms with E-state index in [0.29, 0.717) is 17.5 Å². The number of pyridine rings is 1. The average molecular weight is 543 g/mol. The third-order valence-electron chi connectivity index (χ3n) is 7.30. The van der Waals surface area contributed by atoms with Crippen molar-refractivity contribution in [3.8, 4) is 45.3 Å². The van der Waals surface area contributed by atoms with Crippen molar-refractivity contribution in [3.63, 3.8) is 0 Å². The summed E-state index contributed by atoms with van der Waals surface area (Å²) in [6.45, 7) is 0. The topological polar surface area (TPSA) is 51.6 Å². The number of hydrogen-bond donors (Lipinski definition) is 0. The zero-order valence-corrected chi connectivity index (χ0v) is 22.7. The lowest BCUT2D eigenvalue weighted by molar-refractivity contribution is 1.07. The lowest BCUT2D eigenvalue weighted by Gasteiger charge is -2.10. The normalized spacial score (nSPS) is 11.4. The van der Waals surface area contributed by atoms with E-state index in [9.17, 15) is 0 Å². The number of hydrogen-bond acceptors (Lipinski definition) is 5. The molecule has 0 bridgehead atoms. The van der Waals surface area contributed by atoms with Gasteiger partial charge in [0.15, 0.2) is 17.5 Å². The fourth-order valence-electron chi connectivity index (χ4n) is 5.25. The van der Waals surface area contributed by atoms with Gasteiger partial charge in [-0.15, -0.1) is 11.3 Å². The van der Waals surface area contributed by atoms with E-state index >= 15 is 0 Å². The van der Waals surface area contributed by atoms with Crippen molar-refractivity contribution in [1.29, 1.82) is 0 Å². The van der Waals surface area contributed by atoms with E-state index < -0.39 is 0 Å². The van der Waals surface area contributed by atoms with Crippen LogP contribution in [0.25, 0.3) is 76.5 Å². The quantitative estimate of drug-likeness (QED) is 0.222. The monoisotopic (exact) mass is 542 g/mol. The van der Waals surface area contributed by atoms with E-state index in [1.54, 1.807) is 11.3 Å². The van der Waals surface area contributed by atoms with Crippen LogP contribution in [0.5, 0.6) is 0 Å². The standard InChI is InChI=1S/C36H22N4S/c1-3-10-23(11-4-1)34-38-35(24-12-5-2-6-13-24)40-36(39-34)27-15-9-14-25(20-27)26-18-19-30-28(21-26)22-32-33(37-30)29-16-7-8-17-31(29)41-32/h1-22H.